The van der Waals surface area contributed by atoms with Crippen molar-refractivity contribution >= 4 is 17.5 Å². The standard InChI is InChI=1S/C18H16ClN3O/c1-13(16-4-2-3-5-17(16)19)21-18(23)14-6-8-15(9-7-14)22-11-10-20-12-22/h2-13H,1H3,(H,21,23). The number of hydrogen-bond acceptors (Lipinski definition) is 2. The van der Waals surface area contributed by atoms with Gasteiger partial charge in [-0.15, -0.1) is 0 Å². The minimum atomic E-state index is -0.162. The van der Waals surface area contributed by atoms with Crippen LogP contribution in [-0.2, 0) is 0 Å². The smallest absolute Gasteiger partial charge is 0.251 e. The Bertz CT molecular complexity index is 797. The molecule has 0 aliphatic carbocycles. The summed E-state index contributed by atoms with van der Waals surface area (Å²) < 4.78 is 1.88. The molecule has 1 aromatic heterocycles. The van der Waals surface area contributed by atoms with Crippen LogP contribution in [0.2, 0.25) is 5.02 Å². The van der Waals surface area contributed by atoms with Gasteiger partial charge in [0.1, 0.15) is 0 Å². The summed E-state index contributed by atoms with van der Waals surface area (Å²) in [5, 5.41) is 3.61. The zero-order chi connectivity index (χ0) is 16.2. The summed E-state index contributed by atoms with van der Waals surface area (Å²) in [6.07, 6.45) is 5.29. The van der Waals surface area contributed by atoms with Crippen LogP contribution in [0, 0.1) is 0 Å². The molecule has 2 aromatic carbocycles. The van der Waals surface area contributed by atoms with Crippen molar-refractivity contribution in [3.63, 3.8) is 0 Å². The summed E-state index contributed by atoms with van der Waals surface area (Å²) in [4.78, 5) is 16.4. The Morgan fingerprint density at radius 2 is 1.91 bits per heavy atom. The van der Waals surface area contributed by atoms with Gasteiger partial charge in [-0.25, -0.2) is 4.98 Å². The van der Waals surface area contributed by atoms with Gasteiger partial charge in [-0.3, -0.25) is 4.79 Å². The number of nitrogens with zero attached hydrogens (tertiary/aromatic N) is 2. The normalized spacial score (nSPS) is 11.9. The molecule has 3 aromatic rings. The third kappa shape index (κ3) is 3.43. The monoisotopic (exact) mass is 325 g/mol. The van der Waals surface area contributed by atoms with Crippen molar-refractivity contribution in [1.29, 1.82) is 0 Å². The Balaban J connectivity index is 1.72. The second-order valence-corrected chi connectivity index (χ2v) is 5.64. The summed E-state index contributed by atoms with van der Waals surface area (Å²) in [7, 11) is 0. The molecule has 0 saturated heterocycles. The Morgan fingerprint density at radius 3 is 2.57 bits per heavy atom. The van der Waals surface area contributed by atoms with Gasteiger partial charge < -0.3 is 9.88 Å². The molecule has 0 bridgehead atoms. The highest BCUT2D eigenvalue weighted by Gasteiger charge is 2.13. The maximum Gasteiger partial charge on any atom is 0.251 e. The molecule has 4 nitrogen and oxygen atoms in total. The van der Waals surface area contributed by atoms with Gasteiger partial charge in [0.2, 0.25) is 0 Å². The molecule has 1 atom stereocenters. The molecule has 0 fully saturated rings. The predicted octanol–water partition coefficient (Wildman–Crippen LogP) is 4.02. The summed E-state index contributed by atoms with van der Waals surface area (Å²) >= 11 is 6.17. The van der Waals surface area contributed by atoms with Crippen LogP contribution in [0.3, 0.4) is 0 Å². The van der Waals surface area contributed by atoms with Crippen LogP contribution in [0.25, 0.3) is 5.69 Å². The molecular weight excluding hydrogens is 310 g/mol. The molecular formula is C18H16ClN3O. The van der Waals surface area contributed by atoms with Gasteiger partial charge in [-0.2, -0.15) is 0 Å². The quantitative estimate of drug-likeness (QED) is 0.787. The van der Waals surface area contributed by atoms with Gasteiger partial charge in [0.25, 0.3) is 5.91 Å². The average molecular weight is 326 g/mol. The number of hydrogen-bond donors (Lipinski definition) is 1. The van der Waals surface area contributed by atoms with E-state index in [4.69, 9.17) is 11.6 Å². The van der Waals surface area contributed by atoms with Crippen molar-refractivity contribution in [3.8, 4) is 5.69 Å². The van der Waals surface area contributed by atoms with Gasteiger partial charge in [0.05, 0.1) is 12.4 Å². The van der Waals surface area contributed by atoms with Crippen molar-refractivity contribution in [3.05, 3.63) is 83.4 Å². The SMILES string of the molecule is CC(NC(=O)c1ccc(-n2ccnc2)cc1)c1ccccc1Cl. The molecule has 0 aliphatic heterocycles. The van der Waals surface area contributed by atoms with Gasteiger partial charge in [-0.05, 0) is 42.8 Å². The van der Waals surface area contributed by atoms with E-state index in [1.807, 2.05) is 54.1 Å². The molecule has 1 unspecified atom stereocenters. The predicted molar refractivity (Wildman–Crippen MR) is 90.9 cm³/mol. The highest BCUT2D eigenvalue weighted by atomic mass is 35.5. The van der Waals surface area contributed by atoms with E-state index in [1.54, 1.807) is 24.7 Å². The number of nitrogens with one attached hydrogen (secondary N) is 1. The minimum absolute atomic E-state index is 0.130. The molecule has 116 valence electrons. The average Bonchev–Trinajstić information content (AvgIpc) is 3.09. The number of halogens is 1. The largest absolute Gasteiger partial charge is 0.345 e. The second-order valence-electron chi connectivity index (χ2n) is 5.23. The molecule has 23 heavy (non-hydrogen) atoms. The second kappa shape index (κ2) is 6.67. The summed E-state index contributed by atoms with van der Waals surface area (Å²) in [6.45, 7) is 1.92. The fraction of sp³-hybridized carbons (Fsp3) is 0.111. The number of amides is 1. The van der Waals surface area contributed by atoms with E-state index in [2.05, 4.69) is 10.3 Å². The number of aromatic nitrogens is 2. The molecule has 0 spiro atoms. The lowest BCUT2D eigenvalue weighted by atomic mass is 10.1. The molecule has 0 saturated carbocycles. The van der Waals surface area contributed by atoms with Crippen LogP contribution in [0.4, 0.5) is 0 Å². The van der Waals surface area contributed by atoms with Crippen LogP contribution in [0.1, 0.15) is 28.9 Å². The molecule has 0 aliphatic rings. The summed E-state index contributed by atoms with van der Waals surface area (Å²) in [6, 6.07) is 14.7. The van der Waals surface area contributed by atoms with Crippen molar-refractivity contribution in [2.24, 2.45) is 0 Å². The molecule has 1 amide bonds. The van der Waals surface area contributed by atoms with Gasteiger partial charge in [-0.1, -0.05) is 29.8 Å². The minimum Gasteiger partial charge on any atom is -0.345 e. The van der Waals surface area contributed by atoms with E-state index in [-0.39, 0.29) is 11.9 Å². The maximum absolute atomic E-state index is 12.4. The molecule has 1 N–H and O–H groups in total. The van der Waals surface area contributed by atoms with E-state index in [9.17, 15) is 4.79 Å². The van der Waals surface area contributed by atoms with Gasteiger partial charge in [0.15, 0.2) is 0 Å². The summed E-state index contributed by atoms with van der Waals surface area (Å²) in [5.74, 6) is -0.130. The van der Waals surface area contributed by atoms with E-state index >= 15 is 0 Å². The van der Waals surface area contributed by atoms with E-state index in [1.165, 1.54) is 0 Å². The topological polar surface area (TPSA) is 46.9 Å². The van der Waals surface area contributed by atoms with Crippen LogP contribution >= 0.6 is 11.6 Å². The highest BCUT2D eigenvalue weighted by Crippen LogP contribution is 2.22. The number of rotatable bonds is 4. The maximum atomic E-state index is 12.4. The Morgan fingerprint density at radius 1 is 1.17 bits per heavy atom. The fourth-order valence-electron chi connectivity index (χ4n) is 2.38. The first kappa shape index (κ1) is 15.3. The molecule has 1 heterocycles. The van der Waals surface area contributed by atoms with Gasteiger partial charge >= 0.3 is 0 Å². The highest BCUT2D eigenvalue weighted by molar-refractivity contribution is 6.31. The lowest BCUT2D eigenvalue weighted by molar-refractivity contribution is 0.0940. The first-order valence-corrected chi connectivity index (χ1v) is 7.66. The number of imidazole rings is 1. The third-order valence-corrected chi connectivity index (χ3v) is 4.00. The molecule has 3 rings (SSSR count). The zero-order valence-electron chi connectivity index (χ0n) is 12.6. The van der Waals surface area contributed by atoms with Crippen LogP contribution in [0.15, 0.2) is 67.3 Å². The van der Waals surface area contributed by atoms with Crippen molar-refractivity contribution in [2.45, 2.75) is 13.0 Å². The van der Waals surface area contributed by atoms with Crippen molar-refractivity contribution in [1.82, 2.24) is 14.9 Å². The summed E-state index contributed by atoms with van der Waals surface area (Å²) in [5.41, 5.74) is 2.46. The van der Waals surface area contributed by atoms with Gasteiger partial charge in [0, 0.05) is 28.7 Å². The Kier molecular flexibility index (Phi) is 4.44. The number of benzene rings is 2. The Labute approximate surface area is 139 Å². The van der Waals surface area contributed by atoms with E-state index < -0.39 is 0 Å². The first-order valence-electron chi connectivity index (χ1n) is 7.29. The van der Waals surface area contributed by atoms with Crippen LogP contribution < -0.4 is 5.32 Å². The molecule has 5 heteroatoms. The van der Waals surface area contributed by atoms with Crippen molar-refractivity contribution < 1.29 is 4.79 Å². The van der Waals surface area contributed by atoms with Crippen LogP contribution in [-0.4, -0.2) is 15.5 Å². The van der Waals surface area contributed by atoms with E-state index in [0.29, 0.717) is 10.6 Å². The Hall–Kier alpha value is -2.59. The lowest BCUT2D eigenvalue weighted by Gasteiger charge is -2.16. The number of carbonyl (C=O) groups is 1. The van der Waals surface area contributed by atoms with Crippen molar-refractivity contribution in [2.75, 3.05) is 0 Å². The first-order chi connectivity index (χ1) is 11.1. The zero-order valence-corrected chi connectivity index (χ0v) is 13.4. The fourth-order valence-corrected chi connectivity index (χ4v) is 2.68. The van der Waals surface area contributed by atoms with Crippen LogP contribution in [0.5, 0.6) is 0 Å². The number of carbonyl (C=O) groups excluding carboxylic acids is 1. The lowest BCUT2D eigenvalue weighted by Crippen LogP contribution is -2.26. The molecule has 0 radical (unpaired) electrons. The van der Waals surface area contributed by atoms with E-state index in [0.717, 1.165) is 11.3 Å². The third-order valence-electron chi connectivity index (χ3n) is 3.65.